The molecule has 2 nitrogen and oxygen atoms in total. The highest BCUT2D eigenvalue weighted by atomic mass is 14.9. The van der Waals surface area contributed by atoms with Crippen LogP contribution in [0.4, 0.5) is 0 Å². The van der Waals surface area contributed by atoms with Crippen molar-refractivity contribution < 1.29 is 0 Å². The van der Waals surface area contributed by atoms with E-state index < -0.39 is 0 Å². The number of imidazole rings is 1. The van der Waals surface area contributed by atoms with Crippen LogP contribution < -0.4 is 10.9 Å². The smallest absolute Gasteiger partial charge is 0.209 e. The van der Waals surface area contributed by atoms with Crippen LogP contribution in [0.2, 0.25) is 6.32 Å². The third kappa shape index (κ3) is 5.72. The Morgan fingerprint density at radius 3 is 1.70 bits per heavy atom. The van der Waals surface area contributed by atoms with Crippen molar-refractivity contribution in [3.05, 3.63) is 115 Å². The van der Waals surface area contributed by atoms with E-state index in [0.717, 1.165) is 18.6 Å². The highest BCUT2D eigenvalue weighted by molar-refractivity contribution is 6.85. The Balaban J connectivity index is 0.000000159. The molecule has 0 spiro atoms. The molecule has 1 N–H and O–H groups in total. The molecule has 3 aromatic carbocycles. The van der Waals surface area contributed by atoms with Crippen LogP contribution in [0.1, 0.15) is 18.3 Å². The largest absolute Gasteiger partial charge is 0.348 e. The van der Waals surface area contributed by atoms with E-state index in [-0.39, 0.29) is 0 Å². The van der Waals surface area contributed by atoms with E-state index in [9.17, 15) is 0 Å². The van der Waals surface area contributed by atoms with E-state index in [0.29, 0.717) is 6.71 Å². The molecule has 4 aromatic rings. The van der Waals surface area contributed by atoms with Crippen molar-refractivity contribution in [3.63, 3.8) is 0 Å². The fraction of sp³-hybridized carbons (Fsp3) is 0.125. The average molecular weight is 352 g/mol. The molecule has 0 aliphatic rings. The predicted octanol–water partition coefficient (Wildman–Crippen LogP) is 4.32. The molecule has 1 aromatic heterocycles. The monoisotopic (exact) mass is 352 g/mol. The summed E-state index contributed by atoms with van der Waals surface area (Å²) in [5.74, 6) is 1.02. The first kappa shape index (κ1) is 18.7. The maximum absolute atomic E-state index is 4.16. The number of H-pyrrole nitrogens is 1. The summed E-state index contributed by atoms with van der Waals surface area (Å²) in [6, 6.07) is 31.7. The first-order valence-corrected chi connectivity index (χ1v) is 9.49. The van der Waals surface area contributed by atoms with Crippen molar-refractivity contribution in [2.24, 2.45) is 0 Å². The topological polar surface area (TPSA) is 28.7 Å². The lowest BCUT2D eigenvalue weighted by Gasteiger charge is -2.11. The molecule has 1 heterocycles. The number of rotatable bonds is 5. The van der Waals surface area contributed by atoms with E-state index in [1.54, 1.807) is 6.20 Å². The van der Waals surface area contributed by atoms with E-state index in [2.05, 4.69) is 89.7 Å². The van der Waals surface area contributed by atoms with Crippen LogP contribution in [-0.2, 0) is 6.42 Å². The van der Waals surface area contributed by atoms with E-state index >= 15 is 0 Å². The Morgan fingerprint density at radius 1 is 0.741 bits per heavy atom. The lowest BCUT2D eigenvalue weighted by atomic mass is 9.39. The minimum absolute atomic E-state index is 0.535. The molecule has 3 heteroatoms. The number of benzene rings is 3. The van der Waals surface area contributed by atoms with Gasteiger partial charge < -0.3 is 4.98 Å². The first-order chi connectivity index (χ1) is 13.4. The standard InChI is InChI=1S/C14H15B.C10H10N2/c1-2-15(13-9-5-3-6-10-13)14-11-7-4-8-12-14;1-2-4-9(5-3-1)8-10-11-6-7-12-10/h3-12H,2H2,1H3;1-7H,8H2,(H,11,12). The van der Waals surface area contributed by atoms with Crippen molar-refractivity contribution in [1.29, 1.82) is 0 Å². The predicted molar refractivity (Wildman–Crippen MR) is 116 cm³/mol. The molecule has 0 aliphatic carbocycles. The van der Waals surface area contributed by atoms with Gasteiger partial charge in [-0.1, -0.05) is 115 Å². The zero-order chi connectivity index (χ0) is 18.7. The maximum atomic E-state index is 4.16. The van der Waals surface area contributed by atoms with Gasteiger partial charge in [-0.05, 0) is 5.56 Å². The molecular weight excluding hydrogens is 327 g/mol. The first-order valence-electron chi connectivity index (χ1n) is 9.49. The molecule has 0 fully saturated rings. The summed E-state index contributed by atoms with van der Waals surface area (Å²) < 4.78 is 0. The second kappa shape index (κ2) is 10.2. The average Bonchev–Trinajstić information content (AvgIpc) is 3.25. The lowest BCUT2D eigenvalue weighted by molar-refractivity contribution is 1.03. The van der Waals surface area contributed by atoms with Crippen molar-refractivity contribution >= 4 is 17.6 Å². The molecule has 0 saturated carbocycles. The van der Waals surface area contributed by atoms with Gasteiger partial charge in [0.25, 0.3) is 0 Å². The Bertz CT molecular complexity index is 836. The molecule has 0 unspecified atom stereocenters. The number of nitrogens with one attached hydrogen (secondary N) is 1. The van der Waals surface area contributed by atoms with Crippen LogP contribution in [0.5, 0.6) is 0 Å². The SMILES string of the molecule is CCB(c1ccccc1)c1ccccc1.c1ccc(Cc2ncc[nH]2)cc1. The number of aromatic amines is 1. The van der Waals surface area contributed by atoms with Crippen LogP contribution >= 0.6 is 0 Å². The van der Waals surface area contributed by atoms with Gasteiger partial charge in [-0.2, -0.15) is 0 Å². The summed E-state index contributed by atoms with van der Waals surface area (Å²) in [4.78, 5) is 7.23. The van der Waals surface area contributed by atoms with Crippen molar-refractivity contribution in [1.82, 2.24) is 9.97 Å². The van der Waals surface area contributed by atoms with Gasteiger partial charge in [-0.25, -0.2) is 4.98 Å². The van der Waals surface area contributed by atoms with E-state index in [1.807, 2.05) is 24.4 Å². The number of aromatic nitrogens is 2. The Hall–Kier alpha value is -3.07. The zero-order valence-corrected chi connectivity index (χ0v) is 15.8. The van der Waals surface area contributed by atoms with Crippen molar-refractivity contribution in [3.8, 4) is 0 Å². The molecule has 0 amide bonds. The third-order valence-corrected chi connectivity index (χ3v) is 4.58. The third-order valence-electron chi connectivity index (χ3n) is 4.58. The van der Waals surface area contributed by atoms with Crippen molar-refractivity contribution in [2.75, 3.05) is 0 Å². The Labute approximate surface area is 162 Å². The minimum atomic E-state index is 0.535. The summed E-state index contributed by atoms with van der Waals surface area (Å²) in [5, 5.41) is 0. The number of hydrogen-bond donors (Lipinski definition) is 1. The number of hydrogen-bond acceptors (Lipinski definition) is 1. The fourth-order valence-electron chi connectivity index (χ4n) is 3.22. The molecule has 27 heavy (non-hydrogen) atoms. The van der Waals surface area contributed by atoms with Gasteiger partial charge in [0.05, 0.1) is 0 Å². The van der Waals surface area contributed by atoms with Gasteiger partial charge in [0.2, 0.25) is 6.71 Å². The maximum Gasteiger partial charge on any atom is 0.209 e. The van der Waals surface area contributed by atoms with Crippen LogP contribution in [0.3, 0.4) is 0 Å². The summed E-state index contributed by atoms with van der Waals surface area (Å²) in [7, 11) is 0. The van der Waals surface area contributed by atoms with Crippen molar-refractivity contribution in [2.45, 2.75) is 19.7 Å². The minimum Gasteiger partial charge on any atom is -0.348 e. The molecule has 0 bridgehead atoms. The molecule has 0 radical (unpaired) electrons. The van der Waals surface area contributed by atoms with Crippen LogP contribution in [0, 0.1) is 0 Å². The molecule has 0 saturated heterocycles. The quantitative estimate of drug-likeness (QED) is 0.533. The molecule has 134 valence electrons. The second-order valence-electron chi connectivity index (χ2n) is 6.48. The summed E-state index contributed by atoms with van der Waals surface area (Å²) in [5.41, 5.74) is 4.10. The van der Waals surface area contributed by atoms with Crippen LogP contribution in [-0.4, -0.2) is 16.7 Å². The van der Waals surface area contributed by atoms with Gasteiger partial charge >= 0.3 is 0 Å². The zero-order valence-electron chi connectivity index (χ0n) is 15.8. The summed E-state index contributed by atoms with van der Waals surface area (Å²) in [6.07, 6.45) is 5.65. The lowest BCUT2D eigenvalue weighted by Crippen LogP contribution is -2.41. The summed E-state index contributed by atoms with van der Waals surface area (Å²) >= 11 is 0. The van der Waals surface area contributed by atoms with Gasteiger partial charge in [0.15, 0.2) is 0 Å². The van der Waals surface area contributed by atoms with Gasteiger partial charge in [0.1, 0.15) is 5.82 Å². The molecule has 0 aliphatic heterocycles. The summed E-state index contributed by atoms with van der Waals surface area (Å²) in [6.45, 7) is 2.78. The van der Waals surface area contributed by atoms with Crippen LogP contribution in [0.25, 0.3) is 0 Å². The Morgan fingerprint density at radius 2 is 1.26 bits per heavy atom. The van der Waals surface area contributed by atoms with Crippen LogP contribution in [0.15, 0.2) is 103 Å². The van der Waals surface area contributed by atoms with Gasteiger partial charge in [-0.3, -0.25) is 0 Å². The van der Waals surface area contributed by atoms with E-state index in [1.165, 1.54) is 16.5 Å². The Kier molecular flexibility index (Phi) is 7.05. The molecular formula is C24H25BN2. The fourth-order valence-corrected chi connectivity index (χ4v) is 3.22. The molecule has 4 rings (SSSR count). The van der Waals surface area contributed by atoms with Gasteiger partial charge in [0, 0.05) is 18.8 Å². The second-order valence-corrected chi connectivity index (χ2v) is 6.48. The number of nitrogens with zero attached hydrogens (tertiary/aromatic N) is 1. The van der Waals surface area contributed by atoms with Gasteiger partial charge in [-0.15, -0.1) is 0 Å². The van der Waals surface area contributed by atoms with E-state index in [4.69, 9.17) is 0 Å². The highest BCUT2D eigenvalue weighted by Gasteiger charge is 2.15. The molecule has 0 atom stereocenters. The normalized spacial score (nSPS) is 9.96. The highest BCUT2D eigenvalue weighted by Crippen LogP contribution is 2.03.